The number of hydrogen-bond acceptors (Lipinski definition) is 5. The molecule has 0 bridgehead atoms. The van der Waals surface area contributed by atoms with Gasteiger partial charge in [0.05, 0.1) is 4.92 Å². The molecule has 3 aromatic carbocycles. The van der Waals surface area contributed by atoms with Gasteiger partial charge in [-0.15, -0.1) is 0 Å². The molecule has 154 valence electrons. The summed E-state index contributed by atoms with van der Waals surface area (Å²) in [6.45, 7) is 0. The third-order valence-electron chi connectivity index (χ3n) is 4.34. The van der Waals surface area contributed by atoms with Crippen molar-refractivity contribution in [1.29, 1.82) is 0 Å². The number of rotatable bonds is 5. The Labute approximate surface area is 186 Å². The van der Waals surface area contributed by atoms with Crippen molar-refractivity contribution in [2.75, 3.05) is 5.32 Å². The standard InChI is InChI=1S/C22H13Cl2N3O4/c23-15-5-9-20-18(12-15)26-22(31-20)14-3-6-16(7-4-14)25-21(28)10-2-13-1-8-17(24)19(11-13)27(29)30/h1-12H,(H,25,28)/b10-2+. The van der Waals surface area contributed by atoms with Gasteiger partial charge in [0.25, 0.3) is 5.69 Å². The van der Waals surface area contributed by atoms with Crippen molar-refractivity contribution in [3.05, 3.63) is 92.5 Å². The van der Waals surface area contributed by atoms with Crippen LogP contribution in [0, 0.1) is 10.1 Å². The van der Waals surface area contributed by atoms with Crippen LogP contribution < -0.4 is 5.32 Å². The Balaban J connectivity index is 1.45. The monoisotopic (exact) mass is 453 g/mol. The third-order valence-corrected chi connectivity index (χ3v) is 4.90. The SMILES string of the molecule is O=C(/C=C/c1ccc(Cl)c([N+](=O)[O-])c1)Nc1ccc(-c2nc3cc(Cl)ccc3o2)cc1. The van der Waals surface area contributed by atoms with E-state index in [0.717, 1.165) is 5.56 Å². The maximum absolute atomic E-state index is 12.2. The highest BCUT2D eigenvalue weighted by Crippen LogP contribution is 2.27. The van der Waals surface area contributed by atoms with Crippen LogP contribution in [0.15, 0.2) is 71.2 Å². The summed E-state index contributed by atoms with van der Waals surface area (Å²) in [7, 11) is 0. The van der Waals surface area contributed by atoms with Crippen LogP contribution in [0.4, 0.5) is 11.4 Å². The van der Waals surface area contributed by atoms with Crippen molar-refractivity contribution < 1.29 is 14.1 Å². The first-order valence-corrected chi connectivity index (χ1v) is 9.74. The molecule has 1 heterocycles. The zero-order valence-corrected chi connectivity index (χ0v) is 17.2. The maximum atomic E-state index is 12.2. The summed E-state index contributed by atoms with van der Waals surface area (Å²) in [5.74, 6) is 0.0567. The zero-order valence-electron chi connectivity index (χ0n) is 15.7. The van der Waals surface area contributed by atoms with E-state index in [1.165, 1.54) is 24.3 Å². The summed E-state index contributed by atoms with van der Waals surface area (Å²) in [6, 6.07) is 16.5. The van der Waals surface area contributed by atoms with Crippen LogP contribution in [-0.2, 0) is 4.79 Å². The molecule has 1 N–H and O–H groups in total. The number of nitro groups is 1. The fourth-order valence-electron chi connectivity index (χ4n) is 2.85. The number of fused-ring (bicyclic) bond motifs is 1. The zero-order chi connectivity index (χ0) is 22.0. The number of hydrogen-bond donors (Lipinski definition) is 1. The predicted molar refractivity (Wildman–Crippen MR) is 120 cm³/mol. The first-order valence-electron chi connectivity index (χ1n) is 8.98. The largest absolute Gasteiger partial charge is 0.436 e. The number of carbonyl (C=O) groups is 1. The van der Waals surface area contributed by atoms with Crippen molar-refractivity contribution in [2.45, 2.75) is 0 Å². The van der Waals surface area contributed by atoms with Gasteiger partial charge in [-0.2, -0.15) is 0 Å². The number of carbonyl (C=O) groups excluding carboxylic acids is 1. The Morgan fingerprint density at radius 1 is 1.06 bits per heavy atom. The Morgan fingerprint density at radius 2 is 1.84 bits per heavy atom. The lowest BCUT2D eigenvalue weighted by Gasteiger charge is -2.03. The van der Waals surface area contributed by atoms with Gasteiger partial charge in [-0.25, -0.2) is 4.98 Å². The van der Waals surface area contributed by atoms with E-state index in [1.807, 2.05) is 0 Å². The summed E-state index contributed by atoms with van der Waals surface area (Å²) in [5.41, 5.74) is 2.87. The van der Waals surface area contributed by atoms with Crippen LogP contribution in [-0.4, -0.2) is 15.8 Å². The van der Waals surface area contributed by atoms with Crippen molar-refractivity contribution in [3.63, 3.8) is 0 Å². The van der Waals surface area contributed by atoms with Crippen LogP contribution in [0.2, 0.25) is 10.0 Å². The number of nitrogens with zero attached hydrogens (tertiary/aromatic N) is 2. The third kappa shape index (κ3) is 4.74. The van der Waals surface area contributed by atoms with Crippen LogP contribution >= 0.6 is 23.2 Å². The molecule has 0 radical (unpaired) electrons. The van der Waals surface area contributed by atoms with Gasteiger partial charge >= 0.3 is 0 Å². The lowest BCUT2D eigenvalue weighted by molar-refractivity contribution is -0.384. The number of oxazole rings is 1. The second kappa shape index (κ2) is 8.59. The molecule has 0 aliphatic rings. The van der Waals surface area contributed by atoms with E-state index in [0.29, 0.717) is 33.3 Å². The van der Waals surface area contributed by atoms with Gasteiger partial charge in [0.2, 0.25) is 11.8 Å². The van der Waals surface area contributed by atoms with Gasteiger partial charge in [0.15, 0.2) is 5.58 Å². The molecule has 7 nitrogen and oxygen atoms in total. The molecule has 0 fully saturated rings. The highest BCUT2D eigenvalue weighted by Gasteiger charge is 2.12. The number of halogens is 2. The molecule has 0 aliphatic heterocycles. The Bertz CT molecular complexity index is 1330. The number of nitro benzene ring substituents is 1. The summed E-state index contributed by atoms with van der Waals surface area (Å²) in [6.07, 6.45) is 2.75. The van der Waals surface area contributed by atoms with E-state index >= 15 is 0 Å². The highest BCUT2D eigenvalue weighted by atomic mass is 35.5. The summed E-state index contributed by atoms with van der Waals surface area (Å²) in [5, 5.41) is 14.3. The fraction of sp³-hybridized carbons (Fsp3) is 0. The van der Waals surface area contributed by atoms with Gasteiger partial charge in [-0.3, -0.25) is 14.9 Å². The van der Waals surface area contributed by atoms with Crippen molar-refractivity contribution in [3.8, 4) is 11.5 Å². The Hall–Kier alpha value is -3.68. The van der Waals surface area contributed by atoms with E-state index in [2.05, 4.69) is 10.3 Å². The fourth-order valence-corrected chi connectivity index (χ4v) is 3.20. The minimum atomic E-state index is -0.577. The second-order valence-corrected chi connectivity index (χ2v) is 7.34. The molecular formula is C22H13Cl2N3O4. The van der Waals surface area contributed by atoms with Crippen LogP contribution in [0.25, 0.3) is 28.6 Å². The lowest BCUT2D eigenvalue weighted by Crippen LogP contribution is -2.07. The molecule has 4 rings (SSSR count). The summed E-state index contributed by atoms with van der Waals surface area (Å²) in [4.78, 5) is 27.0. The lowest BCUT2D eigenvalue weighted by atomic mass is 10.2. The predicted octanol–water partition coefficient (Wildman–Crippen LogP) is 6.36. The average Bonchev–Trinajstić information content (AvgIpc) is 3.16. The van der Waals surface area contributed by atoms with E-state index in [4.69, 9.17) is 27.6 Å². The highest BCUT2D eigenvalue weighted by molar-refractivity contribution is 6.32. The van der Waals surface area contributed by atoms with Crippen molar-refractivity contribution in [1.82, 2.24) is 4.98 Å². The molecule has 0 aliphatic carbocycles. The maximum Gasteiger partial charge on any atom is 0.288 e. The van der Waals surface area contributed by atoms with Crippen LogP contribution in [0.1, 0.15) is 5.56 Å². The number of anilines is 1. The van der Waals surface area contributed by atoms with Gasteiger partial charge in [-0.05, 0) is 60.2 Å². The number of nitrogens with one attached hydrogen (secondary N) is 1. The quantitative estimate of drug-likeness (QED) is 0.215. The van der Waals surface area contributed by atoms with E-state index in [-0.39, 0.29) is 16.6 Å². The smallest absolute Gasteiger partial charge is 0.288 e. The molecule has 1 aromatic heterocycles. The molecule has 0 saturated carbocycles. The van der Waals surface area contributed by atoms with Crippen LogP contribution in [0.3, 0.4) is 0 Å². The number of amides is 1. The number of benzene rings is 3. The molecule has 9 heteroatoms. The topological polar surface area (TPSA) is 98.3 Å². The van der Waals surface area contributed by atoms with Gasteiger partial charge in [0, 0.05) is 28.4 Å². The molecule has 1 amide bonds. The Kier molecular flexibility index (Phi) is 5.70. The van der Waals surface area contributed by atoms with Crippen molar-refractivity contribution in [2.24, 2.45) is 0 Å². The number of aromatic nitrogens is 1. The van der Waals surface area contributed by atoms with Crippen molar-refractivity contribution >= 4 is 57.7 Å². The minimum Gasteiger partial charge on any atom is -0.436 e. The van der Waals surface area contributed by atoms with E-state index in [9.17, 15) is 14.9 Å². The minimum absolute atomic E-state index is 0.0359. The second-order valence-electron chi connectivity index (χ2n) is 6.50. The molecule has 0 unspecified atom stereocenters. The van der Waals surface area contributed by atoms with Gasteiger partial charge < -0.3 is 9.73 Å². The Morgan fingerprint density at radius 3 is 2.58 bits per heavy atom. The van der Waals surface area contributed by atoms with Gasteiger partial charge in [0.1, 0.15) is 10.5 Å². The molecule has 4 aromatic rings. The molecule has 0 atom stereocenters. The average molecular weight is 454 g/mol. The normalized spacial score (nSPS) is 11.2. The molecular weight excluding hydrogens is 441 g/mol. The van der Waals surface area contributed by atoms with E-state index in [1.54, 1.807) is 48.5 Å². The van der Waals surface area contributed by atoms with Crippen LogP contribution in [0.5, 0.6) is 0 Å². The first kappa shape index (κ1) is 20.6. The van der Waals surface area contributed by atoms with Gasteiger partial charge in [-0.1, -0.05) is 29.3 Å². The summed E-state index contributed by atoms with van der Waals surface area (Å²) < 4.78 is 5.73. The molecule has 0 spiro atoms. The molecule has 31 heavy (non-hydrogen) atoms. The summed E-state index contributed by atoms with van der Waals surface area (Å²) >= 11 is 11.8. The van der Waals surface area contributed by atoms with E-state index < -0.39 is 4.92 Å². The molecule has 0 saturated heterocycles. The first-order chi connectivity index (χ1) is 14.9.